The summed E-state index contributed by atoms with van der Waals surface area (Å²) >= 11 is 11.5. The first kappa shape index (κ1) is 9.29. The van der Waals surface area contributed by atoms with Gasteiger partial charge in [-0.1, -0.05) is 0 Å². The van der Waals surface area contributed by atoms with Gasteiger partial charge >= 0.3 is 0 Å². The predicted molar refractivity (Wildman–Crippen MR) is 44.2 cm³/mol. The fourth-order valence-electron chi connectivity index (χ4n) is 0.469. The minimum absolute atomic E-state index is 0.558. The average Bonchev–Trinajstić information content (AvgIpc) is 1.63. The molecular weight excluding hydrogens is 173 g/mol. The zero-order valence-corrected chi connectivity index (χ0v) is 7.84. The van der Waals surface area contributed by atoms with Gasteiger partial charge in [-0.15, -0.1) is 22.2 Å². The van der Waals surface area contributed by atoms with E-state index in [1.807, 2.05) is 6.55 Å². The maximum Gasteiger partial charge on any atom is 0.248 e. The Morgan fingerprint density at radius 1 is 1.56 bits per heavy atom. The Hall–Kier alpha value is 0.287. The number of hydrogen-bond donors (Lipinski definition) is 0. The molecule has 0 rings (SSSR count). The third-order valence-corrected chi connectivity index (χ3v) is 3.25. The number of halogens is 2. The third-order valence-electron chi connectivity index (χ3n) is 0.886. The number of hydrogen-bond acceptors (Lipinski definition) is 0. The van der Waals surface area contributed by atoms with Crippen LogP contribution in [0, 0.1) is 6.57 Å². The van der Waals surface area contributed by atoms with Crippen LogP contribution >= 0.6 is 22.2 Å². The molecule has 0 atom stereocenters. The standard InChI is InChI=1S/C5H9Cl2NSi/c1-8-4-3-5-9(2,6)7/h3-5H2,2H3. The maximum atomic E-state index is 6.46. The smallest absolute Gasteiger partial charge is 0.248 e. The largest absolute Gasteiger partial charge is 0.317 e. The summed E-state index contributed by atoms with van der Waals surface area (Å²) in [6.45, 7) is 7.00. The summed E-state index contributed by atoms with van der Waals surface area (Å²) in [5.74, 6) is 0. The van der Waals surface area contributed by atoms with E-state index in [0.29, 0.717) is 6.54 Å². The molecule has 0 saturated heterocycles. The highest BCUT2D eigenvalue weighted by molar-refractivity contribution is 7.44. The molecule has 0 aliphatic rings. The van der Waals surface area contributed by atoms with Crippen molar-refractivity contribution in [3.8, 4) is 0 Å². The fourth-order valence-corrected chi connectivity index (χ4v) is 2.05. The molecule has 9 heavy (non-hydrogen) atoms. The summed E-state index contributed by atoms with van der Waals surface area (Å²) in [6.07, 6.45) is 0.846. The van der Waals surface area contributed by atoms with Gasteiger partial charge in [0.05, 0.1) is 0 Å². The van der Waals surface area contributed by atoms with Gasteiger partial charge in [0.25, 0.3) is 0 Å². The third kappa shape index (κ3) is 8.29. The van der Waals surface area contributed by atoms with Gasteiger partial charge < -0.3 is 4.85 Å². The normalized spacial score (nSPS) is 10.9. The molecule has 1 nitrogen and oxygen atoms in total. The Morgan fingerprint density at radius 3 is 2.44 bits per heavy atom. The SMILES string of the molecule is [C-]#[N+]CCC[Si](C)(Cl)Cl. The molecule has 0 aromatic heterocycles. The molecule has 0 aromatic carbocycles. The van der Waals surface area contributed by atoms with Crippen molar-refractivity contribution in [2.45, 2.75) is 19.0 Å². The van der Waals surface area contributed by atoms with Gasteiger partial charge in [-0.25, -0.2) is 6.57 Å². The summed E-state index contributed by atoms with van der Waals surface area (Å²) in [5.41, 5.74) is 0. The van der Waals surface area contributed by atoms with E-state index in [4.69, 9.17) is 28.7 Å². The molecule has 4 heteroatoms. The Bertz CT molecular complexity index is 113. The van der Waals surface area contributed by atoms with Crippen LogP contribution in [0.2, 0.25) is 12.6 Å². The van der Waals surface area contributed by atoms with Crippen LogP contribution < -0.4 is 0 Å². The second kappa shape index (κ2) is 4.16. The van der Waals surface area contributed by atoms with E-state index in [9.17, 15) is 0 Å². The van der Waals surface area contributed by atoms with Gasteiger partial charge in [0.1, 0.15) is 0 Å². The monoisotopic (exact) mass is 181 g/mol. The molecule has 0 fully saturated rings. The Balaban J connectivity index is 3.20. The van der Waals surface area contributed by atoms with Gasteiger partial charge in [-0.05, 0) is 12.6 Å². The van der Waals surface area contributed by atoms with Crippen molar-refractivity contribution in [1.29, 1.82) is 0 Å². The highest BCUT2D eigenvalue weighted by atomic mass is 35.7. The van der Waals surface area contributed by atoms with E-state index in [2.05, 4.69) is 4.85 Å². The first-order valence-electron chi connectivity index (χ1n) is 2.77. The summed E-state index contributed by atoms with van der Waals surface area (Å²) in [6, 6.07) is 0.832. The lowest BCUT2D eigenvalue weighted by atomic mass is 10.5. The van der Waals surface area contributed by atoms with E-state index in [1.165, 1.54) is 0 Å². The Labute approximate surface area is 66.2 Å². The molecule has 0 amide bonds. The highest BCUT2D eigenvalue weighted by Crippen LogP contribution is 2.20. The molecule has 0 aliphatic carbocycles. The van der Waals surface area contributed by atoms with Gasteiger partial charge in [0, 0.05) is 6.42 Å². The quantitative estimate of drug-likeness (QED) is 0.273. The second-order valence-corrected chi connectivity index (χ2v) is 10.3. The van der Waals surface area contributed by atoms with Crippen LogP contribution in [0.5, 0.6) is 0 Å². The fraction of sp³-hybridized carbons (Fsp3) is 0.800. The summed E-state index contributed by atoms with van der Waals surface area (Å²) in [7, 11) is 0. The molecule has 0 spiro atoms. The van der Waals surface area contributed by atoms with E-state index in [0.717, 1.165) is 12.5 Å². The topological polar surface area (TPSA) is 4.36 Å². The van der Waals surface area contributed by atoms with Gasteiger partial charge in [0.2, 0.25) is 13.2 Å². The van der Waals surface area contributed by atoms with Gasteiger partial charge in [-0.2, -0.15) is 0 Å². The van der Waals surface area contributed by atoms with Crippen molar-refractivity contribution in [2.24, 2.45) is 0 Å². The van der Waals surface area contributed by atoms with Crippen molar-refractivity contribution in [3.63, 3.8) is 0 Å². The molecule has 0 heterocycles. The van der Waals surface area contributed by atoms with Crippen LogP contribution in [0.25, 0.3) is 4.85 Å². The lowest BCUT2D eigenvalue weighted by Crippen LogP contribution is -2.11. The molecular formula is C5H9Cl2NSi. The highest BCUT2D eigenvalue weighted by Gasteiger charge is 2.19. The van der Waals surface area contributed by atoms with Crippen molar-refractivity contribution >= 4 is 28.9 Å². The van der Waals surface area contributed by atoms with Crippen molar-refractivity contribution < 1.29 is 0 Å². The van der Waals surface area contributed by atoms with E-state index in [-0.39, 0.29) is 0 Å². The van der Waals surface area contributed by atoms with E-state index in [1.54, 1.807) is 0 Å². The van der Waals surface area contributed by atoms with Crippen LogP contribution in [-0.2, 0) is 0 Å². The molecule has 0 aromatic rings. The molecule has 0 bridgehead atoms. The lowest BCUT2D eigenvalue weighted by Gasteiger charge is -2.05. The zero-order chi connectivity index (χ0) is 7.33. The van der Waals surface area contributed by atoms with Crippen molar-refractivity contribution in [1.82, 2.24) is 0 Å². The predicted octanol–water partition coefficient (Wildman–Crippen LogP) is 2.85. The van der Waals surface area contributed by atoms with Crippen LogP contribution in [-0.4, -0.2) is 13.2 Å². The van der Waals surface area contributed by atoms with Gasteiger partial charge in [-0.3, -0.25) is 0 Å². The molecule has 52 valence electrons. The Kier molecular flexibility index (Phi) is 4.29. The summed E-state index contributed by atoms with van der Waals surface area (Å²) < 4.78 is 0. The van der Waals surface area contributed by atoms with Gasteiger partial charge in [0.15, 0.2) is 0 Å². The zero-order valence-electron chi connectivity index (χ0n) is 5.32. The first-order valence-corrected chi connectivity index (χ1v) is 7.50. The van der Waals surface area contributed by atoms with E-state index < -0.39 is 6.69 Å². The van der Waals surface area contributed by atoms with Crippen molar-refractivity contribution in [2.75, 3.05) is 6.54 Å². The van der Waals surface area contributed by atoms with E-state index >= 15 is 0 Å². The lowest BCUT2D eigenvalue weighted by molar-refractivity contribution is 1.02. The first-order chi connectivity index (χ1) is 4.06. The molecule has 0 unspecified atom stereocenters. The second-order valence-electron chi connectivity index (χ2n) is 2.06. The molecule has 0 aliphatic heterocycles. The summed E-state index contributed by atoms with van der Waals surface area (Å²) in [5, 5.41) is 0. The minimum Gasteiger partial charge on any atom is -0.317 e. The summed E-state index contributed by atoms with van der Waals surface area (Å²) in [4.78, 5) is 3.19. The van der Waals surface area contributed by atoms with Crippen LogP contribution in [0.4, 0.5) is 0 Å². The van der Waals surface area contributed by atoms with Crippen LogP contribution in [0.3, 0.4) is 0 Å². The Morgan fingerprint density at radius 2 is 2.11 bits per heavy atom. The molecule has 0 radical (unpaired) electrons. The number of rotatable bonds is 3. The average molecular weight is 182 g/mol. The maximum absolute atomic E-state index is 6.46. The van der Waals surface area contributed by atoms with Crippen LogP contribution in [0.15, 0.2) is 0 Å². The minimum atomic E-state index is -1.89. The van der Waals surface area contributed by atoms with Crippen molar-refractivity contribution in [3.05, 3.63) is 11.4 Å². The van der Waals surface area contributed by atoms with Crippen LogP contribution in [0.1, 0.15) is 6.42 Å². The molecule has 0 N–H and O–H groups in total. The molecule has 0 saturated carbocycles. The number of nitrogens with zero attached hydrogens (tertiary/aromatic N) is 1.